The monoisotopic (exact) mass is 515 g/mol. The first-order valence-corrected chi connectivity index (χ1v) is 13.9. The summed E-state index contributed by atoms with van der Waals surface area (Å²) in [6.07, 6.45) is 0. The average molecular weight is 516 g/mol. The fourth-order valence-corrected chi connectivity index (χ4v) is 7.82. The summed E-state index contributed by atoms with van der Waals surface area (Å²) in [4.78, 5) is 0.742. The van der Waals surface area contributed by atoms with Crippen LogP contribution >= 0.6 is 0 Å². The fraction of sp³-hybridized carbons (Fsp3) is 0.0714. The van der Waals surface area contributed by atoms with Crippen molar-refractivity contribution in [2.24, 2.45) is 0 Å². The molecule has 0 radical (unpaired) electrons. The Balaban J connectivity index is 1.63. The Labute approximate surface area is 211 Å². The molecule has 0 saturated carbocycles. The molecule has 180 valence electrons. The number of nitrogens with zero attached hydrogens (tertiary/aromatic N) is 1. The highest BCUT2D eigenvalue weighted by Crippen LogP contribution is 2.39. The molecule has 5 aromatic rings. The minimum atomic E-state index is -3.99. The van der Waals surface area contributed by atoms with Gasteiger partial charge in [-0.25, -0.2) is 12.6 Å². The summed E-state index contributed by atoms with van der Waals surface area (Å²) in [7, 11) is -5.76. The lowest BCUT2D eigenvalue weighted by atomic mass is 10.2. The van der Waals surface area contributed by atoms with Crippen molar-refractivity contribution in [2.75, 3.05) is 6.79 Å². The molecule has 36 heavy (non-hydrogen) atoms. The molecule has 0 N–H and O–H groups in total. The zero-order chi connectivity index (χ0) is 24.7. The zero-order valence-corrected chi connectivity index (χ0v) is 20.7. The maximum absolute atomic E-state index is 14.1. The van der Waals surface area contributed by atoms with Crippen LogP contribution in [0, 0.1) is 0 Å². The zero-order valence-electron chi connectivity index (χ0n) is 19.0. The average Bonchev–Trinajstić information content (AvgIpc) is 3.52. The first kappa shape index (κ1) is 22.6. The van der Waals surface area contributed by atoms with E-state index in [4.69, 9.17) is 9.47 Å². The van der Waals surface area contributed by atoms with Crippen molar-refractivity contribution in [1.82, 2.24) is 4.57 Å². The molecule has 2 heterocycles. The molecule has 1 aliphatic rings. The van der Waals surface area contributed by atoms with Crippen LogP contribution in [0.2, 0.25) is 0 Å². The van der Waals surface area contributed by atoms with Crippen molar-refractivity contribution >= 4 is 31.5 Å². The number of hydrogen-bond acceptors (Lipinski definition) is 5. The van der Waals surface area contributed by atoms with Crippen LogP contribution in [-0.4, -0.2) is 24.0 Å². The molecule has 1 aromatic heterocycles. The maximum Gasteiger partial charge on any atom is 0.231 e. The highest BCUT2D eigenvalue weighted by atomic mass is 32.2. The van der Waals surface area contributed by atoms with E-state index in [1.165, 1.54) is 0 Å². The molecular formula is C28H21NO5S2. The lowest BCUT2D eigenvalue weighted by Crippen LogP contribution is -2.11. The Morgan fingerprint density at radius 2 is 1.44 bits per heavy atom. The van der Waals surface area contributed by atoms with Crippen LogP contribution in [0.3, 0.4) is 0 Å². The molecule has 0 spiro atoms. The highest BCUT2D eigenvalue weighted by Gasteiger charge is 2.32. The number of sulfone groups is 1. The van der Waals surface area contributed by atoms with Crippen LogP contribution in [0.4, 0.5) is 0 Å². The molecule has 0 fully saturated rings. The van der Waals surface area contributed by atoms with Gasteiger partial charge in [0.2, 0.25) is 16.6 Å². The normalized spacial score (nSPS) is 13.7. The molecule has 0 amide bonds. The van der Waals surface area contributed by atoms with E-state index in [1.54, 1.807) is 66.7 Å². The summed E-state index contributed by atoms with van der Waals surface area (Å²) in [5, 5.41) is 0.769. The van der Waals surface area contributed by atoms with Gasteiger partial charge in [0, 0.05) is 16.8 Å². The van der Waals surface area contributed by atoms with E-state index in [1.807, 2.05) is 41.0 Å². The van der Waals surface area contributed by atoms with Gasteiger partial charge in [0.05, 0.1) is 10.4 Å². The second kappa shape index (κ2) is 8.96. The molecule has 4 aromatic carbocycles. The number of rotatable bonds is 6. The number of hydrogen-bond donors (Lipinski definition) is 0. The Bertz CT molecular complexity index is 1710. The van der Waals surface area contributed by atoms with Crippen LogP contribution in [0.5, 0.6) is 11.5 Å². The van der Waals surface area contributed by atoms with E-state index < -0.39 is 20.6 Å². The standard InChI is InChI=1S/C28H21NO5S2/c30-35(21-9-3-1-4-10-21)28-27(36(31,32)22-11-5-2-6-12-22)23-13-7-8-14-24(23)29(28)18-20-15-16-25-26(17-20)34-19-33-25/h1-17H,18-19H2. The molecule has 6 rings (SSSR count). The summed E-state index contributed by atoms with van der Waals surface area (Å²) < 4.78 is 55.0. The summed E-state index contributed by atoms with van der Waals surface area (Å²) >= 11 is 0. The van der Waals surface area contributed by atoms with Crippen LogP contribution in [0.1, 0.15) is 5.56 Å². The first-order valence-electron chi connectivity index (χ1n) is 11.3. The molecule has 6 nitrogen and oxygen atoms in total. The van der Waals surface area contributed by atoms with Gasteiger partial charge in [-0.05, 0) is 48.0 Å². The minimum absolute atomic E-state index is 0.0622. The first-order chi connectivity index (χ1) is 17.5. The van der Waals surface area contributed by atoms with Crippen molar-refractivity contribution in [3.63, 3.8) is 0 Å². The van der Waals surface area contributed by atoms with Gasteiger partial charge in [-0.2, -0.15) is 0 Å². The number of benzene rings is 4. The van der Waals surface area contributed by atoms with Gasteiger partial charge in [0.1, 0.15) is 20.7 Å². The van der Waals surface area contributed by atoms with E-state index in [9.17, 15) is 12.6 Å². The van der Waals surface area contributed by atoms with Crippen molar-refractivity contribution < 1.29 is 22.1 Å². The number of aromatic nitrogens is 1. The van der Waals surface area contributed by atoms with E-state index in [0.29, 0.717) is 33.8 Å². The minimum Gasteiger partial charge on any atom is -0.454 e. The summed E-state index contributed by atoms with van der Waals surface area (Å²) in [6, 6.07) is 30.1. The molecule has 0 aliphatic carbocycles. The lowest BCUT2D eigenvalue weighted by Gasteiger charge is -2.13. The van der Waals surface area contributed by atoms with Gasteiger partial charge in [-0.3, -0.25) is 0 Å². The van der Waals surface area contributed by atoms with E-state index in [0.717, 1.165) is 5.56 Å². The van der Waals surface area contributed by atoms with E-state index in [2.05, 4.69) is 0 Å². The van der Waals surface area contributed by atoms with Gasteiger partial charge >= 0.3 is 0 Å². The maximum atomic E-state index is 14.1. The fourth-order valence-electron chi connectivity index (χ4n) is 4.44. The van der Waals surface area contributed by atoms with Crippen LogP contribution in [0.15, 0.2) is 123 Å². The SMILES string of the molecule is O=S(c1ccccc1)c1c(S(=O)(=O)c2ccccc2)c2ccccc2n1Cc1ccc2c(c1)OCO2. The van der Waals surface area contributed by atoms with E-state index >= 15 is 0 Å². The molecule has 0 bridgehead atoms. The Morgan fingerprint density at radius 3 is 2.22 bits per heavy atom. The summed E-state index contributed by atoms with van der Waals surface area (Å²) in [6.45, 7) is 0.462. The molecule has 1 aliphatic heterocycles. The Morgan fingerprint density at radius 1 is 0.778 bits per heavy atom. The third kappa shape index (κ3) is 3.79. The molecule has 1 atom stereocenters. The van der Waals surface area contributed by atoms with E-state index in [-0.39, 0.29) is 21.6 Å². The van der Waals surface area contributed by atoms with Gasteiger partial charge in [-0.1, -0.05) is 60.7 Å². The second-order valence-corrected chi connectivity index (χ2v) is 11.6. The lowest BCUT2D eigenvalue weighted by molar-refractivity contribution is 0.174. The van der Waals surface area contributed by atoms with Crippen LogP contribution in [0.25, 0.3) is 10.9 Å². The topological polar surface area (TPSA) is 74.6 Å². The second-order valence-electron chi connectivity index (χ2n) is 8.32. The van der Waals surface area contributed by atoms with Crippen LogP contribution < -0.4 is 9.47 Å². The largest absolute Gasteiger partial charge is 0.454 e. The van der Waals surface area contributed by atoms with Gasteiger partial charge < -0.3 is 14.0 Å². The molecule has 1 unspecified atom stereocenters. The number of para-hydroxylation sites is 1. The van der Waals surface area contributed by atoms with Gasteiger partial charge in [0.15, 0.2) is 11.5 Å². The molecular weight excluding hydrogens is 494 g/mol. The van der Waals surface area contributed by atoms with Crippen molar-refractivity contribution in [1.29, 1.82) is 0 Å². The summed E-state index contributed by atoms with van der Waals surface area (Å²) in [5.74, 6) is 1.29. The Kier molecular flexibility index (Phi) is 5.62. The molecule has 0 saturated heterocycles. The van der Waals surface area contributed by atoms with Gasteiger partial charge in [0.25, 0.3) is 0 Å². The van der Waals surface area contributed by atoms with Crippen molar-refractivity contribution in [2.45, 2.75) is 26.3 Å². The number of ether oxygens (including phenoxy) is 2. The predicted molar refractivity (Wildman–Crippen MR) is 137 cm³/mol. The Hall–Kier alpha value is -3.88. The van der Waals surface area contributed by atoms with Gasteiger partial charge in [-0.15, -0.1) is 0 Å². The predicted octanol–water partition coefficient (Wildman–Crippen LogP) is 5.42. The quantitative estimate of drug-likeness (QED) is 0.302. The smallest absolute Gasteiger partial charge is 0.231 e. The highest BCUT2D eigenvalue weighted by molar-refractivity contribution is 7.93. The summed E-state index contributed by atoms with van der Waals surface area (Å²) in [5.41, 5.74) is 1.55. The molecule has 8 heteroatoms. The number of fused-ring (bicyclic) bond motifs is 2. The third-order valence-corrected chi connectivity index (χ3v) is 9.56. The van der Waals surface area contributed by atoms with Crippen molar-refractivity contribution in [3.8, 4) is 11.5 Å². The van der Waals surface area contributed by atoms with Crippen molar-refractivity contribution in [3.05, 3.63) is 109 Å². The third-order valence-electron chi connectivity index (χ3n) is 6.11. The van der Waals surface area contributed by atoms with Crippen LogP contribution in [-0.2, 0) is 27.2 Å².